The molecule has 5 rings (SSSR count). The molecule has 0 saturated heterocycles. The SMILES string of the molecule is CC.CNC(=O)c1c(-c2ccc(F)cc2)oc2cc(N(CCCF)S(C)(=O)=O)c(-c3cccc(C(=O)NC(C)(C#N)C4CC4)c3)cc12. The third kappa shape index (κ3) is 7.46. The zero-order valence-corrected chi connectivity index (χ0v) is 27.8. The van der Waals surface area contributed by atoms with Gasteiger partial charge in [0.2, 0.25) is 10.0 Å². The average Bonchev–Trinajstić information content (AvgIpc) is 3.86. The van der Waals surface area contributed by atoms with Crippen LogP contribution < -0.4 is 14.9 Å². The number of carbonyl (C=O) groups is 2. The van der Waals surface area contributed by atoms with Crippen molar-refractivity contribution in [1.29, 1.82) is 5.26 Å². The highest BCUT2D eigenvalue weighted by atomic mass is 32.2. The first-order valence-corrected chi connectivity index (χ1v) is 17.2. The molecule has 1 aliphatic rings. The number of rotatable bonds is 11. The predicted octanol–water partition coefficient (Wildman–Crippen LogP) is 6.84. The smallest absolute Gasteiger partial charge is 0.255 e. The number of furan rings is 1. The summed E-state index contributed by atoms with van der Waals surface area (Å²) in [5.41, 5.74) is 0.857. The summed E-state index contributed by atoms with van der Waals surface area (Å²) < 4.78 is 60.3. The van der Waals surface area contributed by atoms with Crippen LogP contribution in [0, 0.1) is 23.1 Å². The molecular weight excluding hydrogens is 626 g/mol. The van der Waals surface area contributed by atoms with Crippen LogP contribution in [0.15, 0.2) is 65.1 Å². The Morgan fingerprint density at radius 2 is 1.74 bits per heavy atom. The Balaban J connectivity index is 0.00000245. The Morgan fingerprint density at radius 3 is 2.32 bits per heavy atom. The third-order valence-electron chi connectivity index (χ3n) is 7.97. The van der Waals surface area contributed by atoms with Crippen molar-refractivity contribution in [3.8, 4) is 28.5 Å². The summed E-state index contributed by atoms with van der Waals surface area (Å²) in [6.07, 6.45) is 2.60. The van der Waals surface area contributed by atoms with Crippen LogP contribution in [0.3, 0.4) is 0 Å². The van der Waals surface area contributed by atoms with Crippen molar-refractivity contribution < 1.29 is 31.2 Å². The zero-order valence-electron chi connectivity index (χ0n) is 27.0. The molecule has 1 aliphatic carbocycles. The maximum absolute atomic E-state index is 13.7. The molecule has 1 aromatic heterocycles. The number of hydrogen-bond donors (Lipinski definition) is 2. The van der Waals surface area contributed by atoms with Crippen LogP contribution in [0.4, 0.5) is 14.5 Å². The largest absolute Gasteiger partial charge is 0.455 e. The molecule has 47 heavy (non-hydrogen) atoms. The van der Waals surface area contributed by atoms with Crippen molar-refractivity contribution in [2.45, 2.75) is 45.6 Å². The van der Waals surface area contributed by atoms with Gasteiger partial charge >= 0.3 is 0 Å². The third-order valence-corrected chi connectivity index (χ3v) is 9.15. The second kappa shape index (κ2) is 14.3. The van der Waals surface area contributed by atoms with Crippen LogP contribution in [0.25, 0.3) is 33.4 Å². The lowest BCUT2D eigenvalue weighted by atomic mass is 9.95. The van der Waals surface area contributed by atoms with Gasteiger partial charge < -0.3 is 15.1 Å². The second-order valence-electron chi connectivity index (χ2n) is 11.3. The summed E-state index contributed by atoms with van der Waals surface area (Å²) in [5, 5.41) is 15.5. The molecule has 1 heterocycles. The quantitative estimate of drug-likeness (QED) is 0.181. The minimum atomic E-state index is -3.94. The highest BCUT2D eigenvalue weighted by Gasteiger charge is 2.43. The molecule has 0 radical (unpaired) electrons. The molecule has 0 spiro atoms. The first kappa shape index (κ1) is 35.1. The summed E-state index contributed by atoms with van der Waals surface area (Å²) in [7, 11) is -2.49. The van der Waals surface area contributed by atoms with Crippen molar-refractivity contribution in [2.24, 2.45) is 5.92 Å². The van der Waals surface area contributed by atoms with Crippen molar-refractivity contribution in [1.82, 2.24) is 10.6 Å². The molecule has 4 aromatic rings. The molecule has 3 aromatic carbocycles. The van der Waals surface area contributed by atoms with Gasteiger partial charge in [-0.3, -0.25) is 18.3 Å². The minimum absolute atomic E-state index is 0.0574. The number of alkyl halides is 1. The van der Waals surface area contributed by atoms with Gasteiger partial charge in [0.25, 0.3) is 11.8 Å². The van der Waals surface area contributed by atoms with E-state index < -0.39 is 39.9 Å². The zero-order chi connectivity index (χ0) is 34.5. The maximum atomic E-state index is 13.7. The van der Waals surface area contributed by atoms with Crippen LogP contribution >= 0.6 is 0 Å². The normalized spacial score (nSPS) is 13.9. The van der Waals surface area contributed by atoms with E-state index in [0.29, 0.717) is 22.1 Å². The van der Waals surface area contributed by atoms with E-state index in [1.165, 1.54) is 37.4 Å². The lowest BCUT2D eigenvalue weighted by molar-refractivity contribution is 0.0915. The van der Waals surface area contributed by atoms with E-state index in [0.717, 1.165) is 23.4 Å². The fraction of sp³-hybridized carbons (Fsp3) is 0.343. The number of benzene rings is 3. The van der Waals surface area contributed by atoms with Gasteiger partial charge in [-0.15, -0.1) is 0 Å². The first-order chi connectivity index (χ1) is 22.4. The molecule has 2 N–H and O–H groups in total. The first-order valence-electron chi connectivity index (χ1n) is 15.4. The summed E-state index contributed by atoms with van der Waals surface area (Å²) in [6, 6.07) is 17.1. The Bertz CT molecular complexity index is 1930. The molecule has 12 heteroatoms. The summed E-state index contributed by atoms with van der Waals surface area (Å²) in [4.78, 5) is 26.5. The van der Waals surface area contributed by atoms with E-state index in [4.69, 9.17) is 4.42 Å². The Labute approximate surface area is 273 Å². The van der Waals surface area contributed by atoms with Crippen molar-refractivity contribution >= 4 is 38.5 Å². The van der Waals surface area contributed by atoms with Gasteiger partial charge in [0.1, 0.15) is 22.7 Å². The van der Waals surface area contributed by atoms with Gasteiger partial charge in [-0.05, 0) is 80.1 Å². The fourth-order valence-corrected chi connectivity index (χ4v) is 6.38. The lowest BCUT2D eigenvalue weighted by Crippen LogP contribution is -2.46. The van der Waals surface area contributed by atoms with Crippen molar-refractivity contribution in [3.05, 3.63) is 77.6 Å². The minimum Gasteiger partial charge on any atom is -0.455 e. The van der Waals surface area contributed by atoms with Gasteiger partial charge in [0.15, 0.2) is 0 Å². The van der Waals surface area contributed by atoms with Crippen LogP contribution in [0.5, 0.6) is 0 Å². The maximum Gasteiger partial charge on any atom is 0.255 e. The molecule has 0 aliphatic heterocycles. The van der Waals surface area contributed by atoms with Gasteiger partial charge in [-0.25, -0.2) is 12.8 Å². The number of nitrogens with one attached hydrogen (secondary N) is 2. The van der Waals surface area contributed by atoms with E-state index in [1.54, 1.807) is 37.3 Å². The number of fused-ring (bicyclic) bond motifs is 1. The van der Waals surface area contributed by atoms with Crippen LogP contribution in [0.1, 0.15) is 60.7 Å². The molecular formula is C35H38F2N4O5S. The van der Waals surface area contributed by atoms with E-state index in [1.807, 2.05) is 13.8 Å². The molecule has 1 unspecified atom stereocenters. The standard InChI is InChI=1S/C33H32F2N4O5S.C2H6/c1-33(19-36,23-10-11-23)38-31(40)22-7-4-6-21(16-22)25-17-26-28(18-27(25)39(15-5-14-34)45(3,42)43)44-30(29(26)32(41)37-2)20-8-12-24(35)13-9-20;1-2/h4,6-9,12-13,16-18,23H,5,10-11,14-15H2,1-3H3,(H,37,41)(H,38,40);1-2H3. The molecule has 248 valence electrons. The van der Waals surface area contributed by atoms with E-state index in [9.17, 15) is 32.0 Å². The van der Waals surface area contributed by atoms with Crippen LogP contribution in [-0.4, -0.2) is 52.3 Å². The van der Waals surface area contributed by atoms with E-state index >= 15 is 0 Å². The van der Waals surface area contributed by atoms with E-state index in [2.05, 4.69) is 16.7 Å². The highest BCUT2D eigenvalue weighted by Crippen LogP contribution is 2.42. The van der Waals surface area contributed by atoms with Crippen molar-refractivity contribution in [2.75, 3.05) is 30.8 Å². The van der Waals surface area contributed by atoms with Gasteiger partial charge in [-0.2, -0.15) is 5.26 Å². The average molecular weight is 665 g/mol. The Hall–Kier alpha value is -4.76. The summed E-state index contributed by atoms with van der Waals surface area (Å²) in [6.45, 7) is 4.75. The number of hydrogen-bond acceptors (Lipinski definition) is 6. The number of anilines is 1. The monoisotopic (exact) mass is 664 g/mol. The van der Waals surface area contributed by atoms with Gasteiger partial charge in [-0.1, -0.05) is 26.0 Å². The molecule has 1 fully saturated rings. The van der Waals surface area contributed by atoms with E-state index in [-0.39, 0.29) is 47.0 Å². The number of carbonyl (C=O) groups excluding carboxylic acids is 2. The number of nitrogens with zero attached hydrogens (tertiary/aromatic N) is 2. The molecule has 1 saturated carbocycles. The lowest BCUT2D eigenvalue weighted by Gasteiger charge is -2.25. The summed E-state index contributed by atoms with van der Waals surface area (Å²) in [5.74, 6) is -1.24. The number of amides is 2. The molecule has 1 atom stereocenters. The Morgan fingerprint density at radius 1 is 1.06 bits per heavy atom. The summed E-state index contributed by atoms with van der Waals surface area (Å²) >= 11 is 0. The Kier molecular flexibility index (Phi) is 10.7. The number of sulfonamides is 1. The second-order valence-corrected chi connectivity index (χ2v) is 13.2. The van der Waals surface area contributed by atoms with Gasteiger partial charge in [0.05, 0.1) is 30.3 Å². The molecule has 0 bridgehead atoms. The van der Waals surface area contributed by atoms with Gasteiger partial charge in [0, 0.05) is 41.7 Å². The molecule has 2 amide bonds. The van der Waals surface area contributed by atoms with Crippen molar-refractivity contribution in [3.63, 3.8) is 0 Å². The van der Waals surface area contributed by atoms with Crippen LogP contribution in [0.2, 0.25) is 0 Å². The molecule has 9 nitrogen and oxygen atoms in total. The number of halogens is 2. The fourth-order valence-electron chi connectivity index (χ4n) is 5.41. The van der Waals surface area contributed by atoms with Crippen LogP contribution in [-0.2, 0) is 10.0 Å². The topological polar surface area (TPSA) is 133 Å². The predicted molar refractivity (Wildman–Crippen MR) is 179 cm³/mol. The highest BCUT2D eigenvalue weighted by molar-refractivity contribution is 7.92. The number of nitriles is 1.